The molecule has 0 spiro atoms. The lowest BCUT2D eigenvalue weighted by Gasteiger charge is -2.07. The zero-order chi connectivity index (χ0) is 13.7. The summed E-state index contributed by atoms with van der Waals surface area (Å²) in [6.07, 6.45) is 3.06. The quantitative estimate of drug-likeness (QED) is 0.912. The van der Waals surface area contributed by atoms with Crippen LogP contribution in [0.2, 0.25) is 0 Å². The van der Waals surface area contributed by atoms with E-state index in [9.17, 15) is 9.59 Å². The molecule has 6 heteroatoms. The van der Waals surface area contributed by atoms with Crippen molar-refractivity contribution in [2.24, 2.45) is 0 Å². The molecule has 0 aliphatic rings. The van der Waals surface area contributed by atoms with E-state index >= 15 is 0 Å². The molecule has 2 rings (SSSR count). The molecule has 0 aliphatic carbocycles. The minimum absolute atomic E-state index is 0.299. The first-order valence-corrected chi connectivity index (χ1v) is 6.35. The number of nitrogens with one attached hydrogen (secondary N) is 2. The van der Waals surface area contributed by atoms with Crippen molar-refractivity contribution in [1.29, 1.82) is 0 Å². The summed E-state index contributed by atoms with van der Waals surface area (Å²) in [4.78, 5) is 30.9. The molecule has 0 fully saturated rings. The lowest BCUT2D eigenvalue weighted by atomic mass is 10.2. The SMILES string of the molecule is O=C(Nc1[nH]c(=O)ncc1C=CBr)c1ccccc1. The average molecular weight is 320 g/mol. The van der Waals surface area contributed by atoms with Crippen LogP contribution < -0.4 is 11.0 Å². The van der Waals surface area contributed by atoms with Crippen LogP contribution in [0.3, 0.4) is 0 Å². The monoisotopic (exact) mass is 319 g/mol. The molecule has 1 aromatic heterocycles. The van der Waals surface area contributed by atoms with Gasteiger partial charge in [-0.1, -0.05) is 34.1 Å². The van der Waals surface area contributed by atoms with Gasteiger partial charge in [0.05, 0.1) is 0 Å². The number of aromatic amines is 1. The summed E-state index contributed by atoms with van der Waals surface area (Å²) >= 11 is 3.14. The molecule has 0 atom stereocenters. The number of aromatic nitrogens is 2. The number of hydrogen-bond donors (Lipinski definition) is 2. The fraction of sp³-hybridized carbons (Fsp3) is 0. The number of hydrogen-bond acceptors (Lipinski definition) is 3. The molecule has 0 aliphatic heterocycles. The number of rotatable bonds is 3. The molecule has 0 radical (unpaired) electrons. The van der Waals surface area contributed by atoms with E-state index in [0.29, 0.717) is 16.9 Å². The molecule has 1 amide bonds. The van der Waals surface area contributed by atoms with Gasteiger partial charge in [0, 0.05) is 17.3 Å². The zero-order valence-corrected chi connectivity index (χ0v) is 11.3. The Kier molecular flexibility index (Phi) is 4.25. The highest BCUT2D eigenvalue weighted by atomic mass is 79.9. The maximum atomic E-state index is 12.0. The normalized spacial score (nSPS) is 10.6. The van der Waals surface area contributed by atoms with Crippen LogP contribution in [0.25, 0.3) is 6.08 Å². The highest BCUT2D eigenvalue weighted by Gasteiger charge is 2.08. The standard InChI is InChI=1S/C13H10BrN3O2/c14-7-6-10-8-15-13(19)17-11(10)16-12(18)9-4-2-1-3-5-9/h1-8H,(H2,15,16,17,18,19). The maximum Gasteiger partial charge on any atom is 0.346 e. The first-order valence-electron chi connectivity index (χ1n) is 5.43. The minimum Gasteiger partial charge on any atom is -0.307 e. The minimum atomic E-state index is -0.518. The van der Waals surface area contributed by atoms with E-state index in [1.54, 1.807) is 35.3 Å². The number of amides is 1. The van der Waals surface area contributed by atoms with Crippen LogP contribution in [0, 0.1) is 0 Å². The van der Waals surface area contributed by atoms with Crippen LogP contribution in [-0.4, -0.2) is 15.9 Å². The van der Waals surface area contributed by atoms with Crippen molar-refractivity contribution in [3.8, 4) is 0 Å². The Morgan fingerprint density at radius 3 is 2.74 bits per heavy atom. The molecule has 0 bridgehead atoms. The fourth-order valence-electron chi connectivity index (χ4n) is 1.48. The van der Waals surface area contributed by atoms with Crippen molar-refractivity contribution in [3.05, 3.63) is 63.1 Å². The number of halogens is 1. The summed E-state index contributed by atoms with van der Waals surface area (Å²) < 4.78 is 0. The van der Waals surface area contributed by atoms with E-state index in [2.05, 4.69) is 31.2 Å². The predicted molar refractivity (Wildman–Crippen MR) is 77.2 cm³/mol. The van der Waals surface area contributed by atoms with E-state index in [1.165, 1.54) is 6.20 Å². The summed E-state index contributed by atoms with van der Waals surface area (Å²) in [6.45, 7) is 0. The third-order valence-corrected chi connectivity index (χ3v) is 2.62. The highest BCUT2D eigenvalue weighted by Crippen LogP contribution is 2.13. The molecule has 19 heavy (non-hydrogen) atoms. The predicted octanol–water partition coefficient (Wildman–Crippen LogP) is 2.39. The van der Waals surface area contributed by atoms with Crippen molar-refractivity contribution in [2.45, 2.75) is 0 Å². The largest absolute Gasteiger partial charge is 0.346 e. The highest BCUT2D eigenvalue weighted by molar-refractivity contribution is 9.11. The van der Waals surface area contributed by atoms with Gasteiger partial charge in [-0.15, -0.1) is 0 Å². The smallest absolute Gasteiger partial charge is 0.307 e. The molecular formula is C13H10BrN3O2. The second-order valence-electron chi connectivity index (χ2n) is 3.63. The molecule has 1 heterocycles. The van der Waals surface area contributed by atoms with Crippen molar-refractivity contribution in [3.63, 3.8) is 0 Å². The molecule has 2 N–H and O–H groups in total. The van der Waals surface area contributed by atoms with Gasteiger partial charge in [-0.25, -0.2) is 9.78 Å². The number of H-pyrrole nitrogens is 1. The average Bonchev–Trinajstić information content (AvgIpc) is 2.43. The fourth-order valence-corrected chi connectivity index (χ4v) is 1.76. The Hall–Kier alpha value is -2.21. The van der Waals surface area contributed by atoms with E-state index in [1.807, 2.05) is 6.07 Å². The zero-order valence-electron chi connectivity index (χ0n) is 9.76. The maximum absolute atomic E-state index is 12.0. The van der Waals surface area contributed by atoms with Crippen molar-refractivity contribution < 1.29 is 4.79 Å². The lowest BCUT2D eigenvalue weighted by molar-refractivity contribution is 0.102. The van der Waals surface area contributed by atoms with Crippen molar-refractivity contribution >= 4 is 33.7 Å². The van der Waals surface area contributed by atoms with Crippen LogP contribution >= 0.6 is 15.9 Å². The molecule has 0 saturated carbocycles. The second-order valence-corrected chi connectivity index (χ2v) is 4.16. The van der Waals surface area contributed by atoms with Gasteiger partial charge in [0.1, 0.15) is 5.82 Å². The number of carbonyl (C=O) groups excluding carboxylic acids is 1. The van der Waals surface area contributed by atoms with Gasteiger partial charge in [0.15, 0.2) is 0 Å². The van der Waals surface area contributed by atoms with Gasteiger partial charge in [-0.05, 0) is 23.2 Å². The number of anilines is 1. The molecule has 96 valence electrons. The Labute approximate surface area is 117 Å². The number of benzene rings is 1. The summed E-state index contributed by atoms with van der Waals surface area (Å²) in [7, 11) is 0. The first kappa shape index (κ1) is 13.2. The third-order valence-electron chi connectivity index (χ3n) is 2.36. The van der Waals surface area contributed by atoms with Gasteiger partial charge >= 0.3 is 5.69 Å². The lowest BCUT2D eigenvalue weighted by Crippen LogP contribution is -2.19. The topological polar surface area (TPSA) is 74.8 Å². The van der Waals surface area contributed by atoms with E-state index in [4.69, 9.17) is 0 Å². The van der Waals surface area contributed by atoms with Crippen LogP contribution in [-0.2, 0) is 0 Å². The van der Waals surface area contributed by atoms with Gasteiger partial charge in [0.2, 0.25) is 0 Å². The summed E-state index contributed by atoms with van der Waals surface area (Å²) in [6, 6.07) is 8.74. The van der Waals surface area contributed by atoms with Gasteiger partial charge in [-0.3, -0.25) is 9.78 Å². The van der Waals surface area contributed by atoms with Crippen LogP contribution in [0.15, 0.2) is 46.3 Å². The second kappa shape index (κ2) is 6.10. The molecule has 0 unspecified atom stereocenters. The molecule has 1 aromatic carbocycles. The van der Waals surface area contributed by atoms with E-state index < -0.39 is 5.69 Å². The Bertz CT molecular complexity index is 665. The summed E-state index contributed by atoms with van der Waals surface area (Å²) in [5.74, 6) is 0.0104. The van der Waals surface area contributed by atoms with Crippen LogP contribution in [0.4, 0.5) is 5.82 Å². The Morgan fingerprint density at radius 1 is 1.32 bits per heavy atom. The summed E-state index contributed by atoms with van der Waals surface area (Å²) in [5.41, 5.74) is 0.588. The molecule has 2 aromatic rings. The molecular weight excluding hydrogens is 310 g/mol. The number of carbonyl (C=O) groups is 1. The number of nitrogens with zero attached hydrogens (tertiary/aromatic N) is 1. The van der Waals surface area contributed by atoms with E-state index in [0.717, 1.165) is 0 Å². The third kappa shape index (κ3) is 3.38. The van der Waals surface area contributed by atoms with E-state index in [-0.39, 0.29) is 5.91 Å². The summed E-state index contributed by atoms with van der Waals surface area (Å²) in [5, 5.41) is 2.65. The van der Waals surface area contributed by atoms with Crippen LogP contribution in [0.1, 0.15) is 15.9 Å². The van der Waals surface area contributed by atoms with Crippen molar-refractivity contribution in [1.82, 2.24) is 9.97 Å². The van der Waals surface area contributed by atoms with Crippen molar-refractivity contribution in [2.75, 3.05) is 5.32 Å². The van der Waals surface area contributed by atoms with Crippen LogP contribution in [0.5, 0.6) is 0 Å². The van der Waals surface area contributed by atoms with Gasteiger partial charge in [-0.2, -0.15) is 0 Å². The molecule has 5 nitrogen and oxygen atoms in total. The molecule has 0 saturated heterocycles. The Morgan fingerprint density at radius 2 is 2.05 bits per heavy atom. The first-order chi connectivity index (χ1) is 9.20. The van der Waals surface area contributed by atoms with Gasteiger partial charge in [0.25, 0.3) is 5.91 Å². The Balaban J connectivity index is 2.30. The van der Waals surface area contributed by atoms with Gasteiger partial charge < -0.3 is 5.32 Å².